The Morgan fingerprint density at radius 3 is 2.38 bits per heavy atom. The van der Waals surface area contributed by atoms with E-state index in [1.165, 1.54) is 12.1 Å². The summed E-state index contributed by atoms with van der Waals surface area (Å²) in [6.07, 6.45) is 3.58. The molecule has 1 aromatic heterocycles. The first-order valence-electron chi connectivity index (χ1n) is 8.01. The predicted molar refractivity (Wildman–Crippen MR) is 93.1 cm³/mol. The Bertz CT molecular complexity index is 864. The molecule has 0 aliphatic rings. The summed E-state index contributed by atoms with van der Waals surface area (Å²) in [6, 6.07) is 13.5. The number of pyridine rings is 1. The van der Waals surface area contributed by atoms with E-state index in [2.05, 4.69) is 10.3 Å². The van der Waals surface area contributed by atoms with Gasteiger partial charge in [0.05, 0.1) is 6.20 Å². The number of hydrogen-bond donors (Lipinski definition) is 1. The molecule has 0 atom stereocenters. The highest BCUT2D eigenvalue weighted by molar-refractivity contribution is 5.94. The Kier molecular flexibility index (Phi) is 5.53. The molecule has 3 aromatic rings. The highest BCUT2D eigenvalue weighted by Crippen LogP contribution is 2.20. The molecule has 0 unspecified atom stereocenters. The van der Waals surface area contributed by atoms with Crippen LogP contribution in [0.2, 0.25) is 0 Å². The fourth-order valence-corrected chi connectivity index (χ4v) is 2.40. The second-order valence-corrected chi connectivity index (χ2v) is 5.60. The normalized spacial score (nSPS) is 10.4. The molecule has 0 aliphatic carbocycles. The van der Waals surface area contributed by atoms with Crippen LogP contribution in [0.5, 0.6) is 11.5 Å². The van der Waals surface area contributed by atoms with Gasteiger partial charge < -0.3 is 10.1 Å². The molecule has 4 nitrogen and oxygen atoms in total. The fraction of sp³-hybridized carbons (Fsp3) is 0.100. The van der Waals surface area contributed by atoms with Gasteiger partial charge in [-0.05, 0) is 60.5 Å². The van der Waals surface area contributed by atoms with Gasteiger partial charge in [-0.1, -0.05) is 0 Å². The SMILES string of the molecule is O=C(NCCc1cc(F)cc(F)c1)c1ccc(Oc2cccnc2)cc1. The van der Waals surface area contributed by atoms with Crippen molar-refractivity contribution in [2.45, 2.75) is 6.42 Å². The number of rotatable bonds is 6. The third-order valence-corrected chi connectivity index (χ3v) is 3.61. The molecule has 2 aromatic carbocycles. The van der Waals surface area contributed by atoms with Crippen molar-refractivity contribution in [3.8, 4) is 11.5 Å². The summed E-state index contributed by atoms with van der Waals surface area (Å²) in [5, 5.41) is 2.72. The van der Waals surface area contributed by atoms with Gasteiger partial charge in [-0.15, -0.1) is 0 Å². The van der Waals surface area contributed by atoms with Crippen molar-refractivity contribution in [3.05, 3.63) is 89.8 Å². The van der Waals surface area contributed by atoms with Gasteiger partial charge in [0.1, 0.15) is 23.1 Å². The number of nitrogens with one attached hydrogen (secondary N) is 1. The molecule has 0 saturated carbocycles. The topological polar surface area (TPSA) is 51.2 Å². The van der Waals surface area contributed by atoms with Crippen LogP contribution in [0.3, 0.4) is 0 Å². The van der Waals surface area contributed by atoms with E-state index < -0.39 is 11.6 Å². The fourth-order valence-electron chi connectivity index (χ4n) is 2.40. The van der Waals surface area contributed by atoms with Crippen LogP contribution in [0.25, 0.3) is 0 Å². The van der Waals surface area contributed by atoms with Gasteiger partial charge in [-0.2, -0.15) is 0 Å². The minimum atomic E-state index is -0.629. The quantitative estimate of drug-likeness (QED) is 0.724. The molecule has 0 radical (unpaired) electrons. The van der Waals surface area contributed by atoms with Gasteiger partial charge in [-0.3, -0.25) is 9.78 Å². The maximum absolute atomic E-state index is 13.1. The molecule has 0 saturated heterocycles. The van der Waals surface area contributed by atoms with Crippen molar-refractivity contribution in [2.24, 2.45) is 0 Å². The largest absolute Gasteiger partial charge is 0.456 e. The summed E-state index contributed by atoms with van der Waals surface area (Å²) in [6.45, 7) is 0.273. The average Bonchev–Trinajstić information content (AvgIpc) is 2.62. The number of benzene rings is 2. The lowest BCUT2D eigenvalue weighted by Gasteiger charge is -2.08. The molecule has 0 aliphatic heterocycles. The number of carbonyl (C=O) groups is 1. The van der Waals surface area contributed by atoms with Crippen molar-refractivity contribution >= 4 is 5.91 Å². The Hall–Kier alpha value is -3.28. The van der Waals surface area contributed by atoms with E-state index in [-0.39, 0.29) is 12.5 Å². The third-order valence-electron chi connectivity index (χ3n) is 3.61. The molecule has 0 fully saturated rings. The van der Waals surface area contributed by atoms with Gasteiger partial charge in [0, 0.05) is 24.4 Å². The van der Waals surface area contributed by atoms with E-state index in [1.807, 2.05) is 0 Å². The highest BCUT2D eigenvalue weighted by Gasteiger charge is 2.07. The van der Waals surface area contributed by atoms with Gasteiger partial charge in [0.25, 0.3) is 5.91 Å². The van der Waals surface area contributed by atoms with Crippen molar-refractivity contribution in [3.63, 3.8) is 0 Å². The number of carbonyl (C=O) groups excluding carboxylic acids is 1. The van der Waals surface area contributed by atoms with Crippen LogP contribution in [0, 0.1) is 11.6 Å². The first kappa shape index (κ1) is 17.5. The maximum atomic E-state index is 13.1. The number of halogens is 2. The van der Waals surface area contributed by atoms with Crippen molar-refractivity contribution in [2.75, 3.05) is 6.54 Å². The summed E-state index contributed by atoms with van der Waals surface area (Å²) < 4.78 is 31.9. The molecule has 26 heavy (non-hydrogen) atoms. The smallest absolute Gasteiger partial charge is 0.251 e. The Balaban J connectivity index is 1.53. The standard InChI is InChI=1S/C20H16F2N2O2/c21-16-10-14(11-17(22)12-16)7-9-24-20(25)15-3-5-18(6-4-15)26-19-2-1-8-23-13-19/h1-6,8,10-13H,7,9H2,(H,24,25). The van der Waals surface area contributed by atoms with Crippen LogP contribution in [-0.2, 0) is 6.42 Å². The van der Waals surface area contributed by atoms with Crippen LogP contribution >= 0.6 is 0 Å². The second kappa shape index (κ2) is 8.20. The van der Waals surface area contributed by atoms with E-state index in [9.17, 15) is 13.6 Å². The summed E-state index contributed by atoms with van der Waals surface area (Å²) in [5.74, 6) is -0.335. The molecule has 3 rings (SSSR count). The molecule has 0 spiro atoms. The van der Waals surface area contributed by atoms with Crippen molar-refractivity contribution in [1.82, 2.24) is 10.3 Å². The maximum Gasteiger partial charge on any atom is 0.251 e. The van der Waals surface area contributed by atoms with Gasteiger partial charge in [-0.25, -0.2) is 8.78 Å². The molecule has 1 heterocycles. The van der Waals surface area contributed by atoms with E-state index in [1.54, 1.807) is 48.8 Å². The zero-order chi connectivity index (χ0) is 18.4. The summed E-state index contributed by atoms with van der Waals surface area (Å²) in [7, 11) is 0. The summed E-state index contributed by atoms with van der Waals surface area (Å²) >= 11 is 0. The average molecular weight is 354 g/mol. The zero-order valence-electron chi connectivity index (χ0n) is 13.8. The lowest BCUT2D eigenvalue weighted by molar-refractivity contribution is 0.0954. The number of amides is 1. The molecule has 6 heteroatoms. The molecule has 132 valence electrons. The molecular formula is C20H16F2N2O2. The van der Waals surface area contributed by atoms with Gasteiger partial charge in [0.2, 0.25) is 0 Å². The Morgan fingerprint density at radius 2 is 1.73 bits per heavy atom. The van der Waals surface area contributed by atoms with Gasteiger partial charge >= 0.3 is 0 Å². The number of ether oxygens (including phenoxy) is 1. The minimum Gasteiger partial charge on any atom is -0.456 e. The van der Waals surface area contributed by atoms with E-state index in [0.29, 0.717) is 29.0 Å². The van der Waals surface area contributed by atoms with Crippen LogP contribution < -0.4 is 10.1 Å². The highest BCUT2D eigenvalue weighted by atomic mass is 19.1. The molecule has 1 N–H and O–H groups in total. The van der Waals surface area contributed by atoms with Crippen LogP contribution in [0.15, 0.2) is 67.0 Å². The van der Waals surface area contributed by atoms with E-state index in [0.717, 1.165) is 6.07 Å². The molecular weight excluding hydrogens is 338 g/mol. The third kappa shape index (κ3) is 4.86. The summed E-state index contributed by atoms with van der Waals surface area (Å²) in [4.78, 5) is 16.1. The second-order valence-electron chi connectivity index (χ2n) is 5.60. The van der Waals surface area contributed by atoms with Crippen LogP contribution in [0.4, 0.5) is 8.78 Å². The minimum absolute atomic E-state index is 0.269. The first-order valence-corrected chi connectivity index (χ1v) is 8.01. The van der Waals surface area contributed by atoms with Crippen LogP contribution in [0.1, 0.15) is 15.9 Å². The predicted octanol–water partition coefficient (Wildman–Crippen LogP) is 4.12. The number of aromatic nitrogens is 1. The van der Waals surface area contributed by atoms with E-state index in [4.69, 9.17) is 4.74 Å². The summed E-state index contributed by atoms with van der Waals surface area (Å²) in [5.41, 5.74) is 0.956. The first-order chi connectivity index (χ1) is 12.6. The van der Waals surface area contributed by atoms with Crippen molar-refractivity contribution < 1.29 is 18.3 Å². The molecule has 0 bridgehead atoms. The number of nitrogens with zero attached hydrogens (tertiary/aromatic N) is 1. The Morgan fingerprint density at radius 1 is 1.00 bits per heavy atom. The van der Waals surface area contributed by atoms with E-state index >= 15 is 0 Å². The zero-order valence-corrected chi connectivity index (χ0v) is 13.8. The lowest BCUT2D eigenvalue weighted by atomic mass is 10.1. The monoisotopic (exact) mass is 354 g/mol. The lowest BCUT2D eigenvalue weighted by Crippen LogP contribution is -2.25. The Labute approximate surface area is 149 Å². The van der Waals surface area contributed by atoms with Crippen LogP contribution in [-0.4, -0.2) is 17.4 Å². The van der Waals surface area contributed by atoms with Gasteiger partial charge in [0.15, 0.2) is 0 Å². The number of hydrogen-bond acceptors (Lipinski definition) is 3. The molecule has 1 amide bonds. The van der Waals surface area contributed by atoms with Crippen molar-refractivity contribution in [1.29, 1.82) is 0 Å².